The van der Waals surface area contributed by atoms with Crippen LogP contribution in [-0.4, -0.2) is 38.8 Å². The van der Waals surface area contributed by atoms with Crippen molar-refractivity contribution in [2.45, 2.75) is 32.8 Å². The minimum absolute atomic E-state index is 0.0417. The van der Waals surface area contributed by atoms with E-state index in [0.29, 0.717) is 5.92 Å². The maximum atomic E-state index is 9.83. The third kappa shape index (κ3) is 9.69. The third-order valence-corrected chi connectivity index (χ3v) is 2.26. The summed E-state index contributed by atoms with van der Waals surface area (Å²) < 4.78 is 4.94. The highest BCUT2D eigenvalue weighted by Crippen LogP contribution is 2.04. The van der Waals surface area contributed by atoms with E-state index in [1.807, 2.05) is 20.8 Å². The van der Waals surface area contributed by atoms with Gasteiger partial charge >= 0.3 is 0 Å². The molecule has 4 nitrogen and oxygen atoms in total. The van der Waals surface area contributed by atoms with E-state index in [1.165, 1.54) is 6.42 Å². The number of carbonyl (C=O) groups excluding carboxylic acids is 1. The van der Waals surface area contributed by atoms with Gasteiger partial charge in [-0.3, -0.25) is 4.79 Å². The van der Waals surface area contributed by atoms with Crippen LogP contribution in [0.1, 0.15) is 27.2 Å². The molecule has 1 aliphatic heterocycles. The number of nitrogens with one attached hydrogen (secondary N) is 2. The fraction of sp³-hybridized carbons (Fsp3) is 0.909. The molecule has 0 aromatic rings. The Bertz CT molecular complexity index is 160. The van der Waals surface area contributed by atoms with Crippen molar-refractivity contribution in [1.82, 2.24) is 10.6 Å². The highest BCUT2D eigenvalue weighted by atomic mass is 16.5. The van der Waals surface area contributed by atoms with Gasteiger partial charge < -0.3 is 15.4 Å². The molecule has 2 N–H and O–H groups in total. The number of methoxy groups -OCH3 is 1. The zero-order valence-corrected chi connectivity index (χ0v) is 10.3. The number of ether oxygens (including phenoxy) is 1. The quantitative estimate of drug-likeness (QED) is 0.685. The van der Waals surface area contributed by atoms with Crippen LogP contribution >= 0.6 is 0 Å². The highest BCUT2D eigenvalue weighted by molar-refractivity contribution is 5.45. The molecule has 0 aliphatic carbocycles. The van der Waals surface area contributed by atoms with Crippen LogP contribution in [0.25, 0.3) is 0 Å². The molecule has 0 aromatic heterocycles. The lowest BCUT2D eigenvalue weighted by Gasteiger charge is -2.14. The molecule has 1 atom stereocenters. The van der Waals surface area contributed by atoms with E-state index in [1.54, 1.807) is 7.11 Å². The minimum Gasteiger partial charge on any atom is -0.379 e. The minimum atomic E-state index is 0.0417. The van der Waals surface area contributed by atoms with E-state index in [4.69, 9.17) is 4.74 Å². The number of carbonyl (C=O) groups is 1. The molecule has 15 heavy (non-hydrogen) atoms. The smallest absolute Gasteiger partial charge is 0.207 e. The Hall–Kier alpha value is -0.610. The van der Waals surface area contributed by atoms with E-state index >= 15 is 0 Å². The summed E-state index contributed by atoms with van der Waals surface area (Å²) in [6.07, 6.45) is 1.96. The molecule has 1 rings (SSSR count). The van der Waals surface area contributed by atoms with Crippen LogP contribution in [-0.2, 0) is 9.53 Å². The van der Waals surface area contributed by atoms with Gasteiger partial charge in [0.2, 0.25) is 6.41 Å². The molecule has 90 valence electrons. The van der Waals surface area contributed by atoms with Crippen molar-refractivity contribution in [1.29, 1.82) is 0 Å². The second-order valence-electron chi connectivity index (χ2n) is 4.70. The van der Waals surface area contributed by atoms with E-state index in [-0.39, 0.29) is 5.60 Å². The van der Waals surface area contributed by atoms with Gasteiger partial charge in [-0.15, -0.1) is 0 Å². The van der Waals surface area contributed by atoms with Crippen LogP contribution in [0.15, 0.2) is 0 Å². The predicted molar refractivity (Wildman–Crippen MR) is 61.8 cm³/mol. The summed E-state index contributed by atoms with van der Waals surface area (Å²) in [6, 6.07) is 0. The van der Waals surface area contributed by atoms with Gasteiger partial charge in [0, 0.05) is 13.7 Å². The van der Waals surface area contributed by atoms with Gasteiger partial charge in [-0.05, 0) is 46.2 Å². The van der Waals surface area contributed by atoms with Crippen molar-refractivity contribution in [2.24, 2.45) is 5.92 Å². The first-order valence-electron chi connectivity index (χ1n) is 5.42. The lowest BCUT2D eigenvalue weighted by Crippen LogP contribution is -2.22. The van der Waals surface area contributed by atoms with Crippen molar-refractivity contribution >= 4 is 6.41 Å². The standard InChI is InChI=1S/C6H12N2O.C5H12O/c9-5-8-4-6-1-2-7-3-6;1-5(2,3)6-4/h5-7H,1-4H2,(H,8,9);1-4H3. The molecule has 0 aromatic carbocycles. The highest BCUT2D eigenvalue weighted by Gasteiger charge is 2.12. The van der Waals surface area contributed by atoms with Gasteiger partial charge in [0.1, 0.15) is 0 Å². The molecule has 0 saturated carbocycles. The number of hydrogen-bond donors (Lipinski definition) is 2. The summed E-state index contributed by atoms with van der Waals surface area (Å²) in [5, 5.41) is 5.89. The SMILES string of the molecule is COC(C)(C)C.O=CNCC1CCNC1. The van der Waals surface area contributed by atoms with Crippen LogP contribution in [0.3, 0.4) is 0 Å². The van der Waals surface area contributed by atoms with Crippen molar-refractivity contribution in [3.05, 3.63) is 0 Å². The van der Waals surface area contributed by atoms with Crippen LogP contribution in [0, 0.1) is 5.92 Å². The third-order valence-electron chi connectivity index (χ3n) is 2.26. The topological polar surface area (TPSA) is 50.4 Å². The van der Waals surface area contributed by atoms with E-state index < -0.39 is 0 Å². The Labute approximate surface area is 92.8 Å². The monoisotopic (exact) mass is 216 g/mol. The molecular weight excluding hydrogens is 192 g/mol. The molecule has 0 spiro atoms. The molecule has 0 bridgehead atoms. The zero-order chi connectivity index (χ0) is 11.7. The summed E-state index contributed by atoms with van der Waals surface area (Å²) in [7, 11) is 1.71. The Morgan fingerprint density at radius 1 is 1.53 bits per heavy atom. The van der Waals surface area contributed by atoms with Crippen molar-refractivity contribution in [2.75, 3.05) is 26.7 Å². The van der Waals surface area contributed by atoms with Gasteiger partial charge in [-0.1, -0.05) is 0 Å². The average Bonchev–Trinajstić information content (AvgIpc) is 2.67. The van der Waals surface area contributed by atoms with Gasteiger partial charge in [-0.2, -0.15) is 0 Å². The van der Waals surface area contributed by atoms with Gasteiger partial charge in [0.25, 0.3) is 0 Å². The zero-order valence-electron chi connectivity index (χ0n) is 10.3. The lowest BCUT2D eigenvalue weighted by atomic mass is 10.1. The summed E-state index contributed by atoms with van der Waals surface area (Å²) >= 11 is 0. The Morgan fingerprint density at radius 2 is 2.13 bits per heavy atom. The molecule has 1 amide bonds. The Balaban J connectivity index is 0.000000288. The number of amides is 1. The number of hydrogen-bond acceptors (Lipinski definition) is 3. The van der Waals surface area contributed by atoms with E-state index in [9.17, 15) is 4.79 Å². The first kappa shape index (κ1) is 14.4. The van der Waals surface area contributed by atoms with Crippen LogP contribution in [0.4, 0.5) is 0 Å². The lowest BCUT2D eigenvalue weighted by molar-refractivity contribution is -0.109. The molecule has 0 radical (unpaired) electrons. The molecular formula is C11H24N2O2. The molecule has 1 fully saturated rings. The summed E-state index contributed by atoms with van der Waals surface area (Å²) in [5.74, 6) is 0.662. The van der Waals surface area contributed by atoms with Gasteiger partial charge in [0.05, 0.1) is 5.60 Å². The molecule has 1 unspecified atom stereocenters. The summed E-state index contributed by atoms with van der Waals surface area (Å²) in [4.78, 5) is 9.83. The van der Waals surface area contributed by atoms with Crippen molar-refractivity contribution in [3.8, 4) is 0 Å². The average molecular weight is 216 g/mol. The van der Waals surface area contributed by atoms with Gasteiger partial charge in [-0.25, -0.2) is 0 Å². The normalized spacial score (nSPS) is 20.4. The largest absolute Gasteiger partial charge is 0.379 e. The van der Waals surface area contributed by atoms with Gasteiger partial charge in [0.15, 0.2) is 0 Å². The van der Waals surface area contributed by atoms with Crippen molar-refractivity contribution in [3.63, 3.8) is 0 Å². The first-order chi connectivity index (χ1) is 6.99. The second-order valence-corrected chi connectivity index (χ2v) is 4.70. The predicted octanol–water partition coefficient (Wildman–Crippen LogP) is 0.773. The Kier molecular flexibility index (Phi) is 7.34. The molecule has 1 heterocycles. The molecule has 1 aliphatic rings. The maximum absolute atomic E-state index is 9.83. The maximum Gasteiger partial charge on any atom is 0.207 e. The van der Waals surface area contributed by atoms with E-state index in [2.05, 4.69) is 10.6 Å². The fourth-order valence-electron chi connectivity index (χ4n) is 1.10. The Morgan fingerprint density at radius 3 is 2.47 bits per heavy atom. The molecule has 4 heteroatoms. The second kappa shape index (κ2) is 7.65. The van der Waals surface area contributed by atoms with Crippen LogP contribution in [0.5, 0.6) is 0 Å². The number of rotatable bonds is 3. The van der Waals surface area contributed by atoms with Crippen molar-refractivity contribution < 1.29 is 9.53 Å². The first-order valence-corrected chi connectivity index (χ1v) is 5.42. The van der Waals surface area contributed by atoms with Crippen LogP contribution in [0.2, 0.25) is 0 Å². The van der Waals surface area contributed by atoms with E-state index in [0.717, 1.165) is 26.0 Å². The van der Waals surface area contributed by atoms with Crippen LogP contribution < -0.4 is 10.6 Å². The summed E-state index contributed by atoms with van der Waals surface area (Å²) in [6.45, 7) is 9.05. The molecule has 1 saturated heterocycles. The fourth-order valence-corrected chi connectivity index (χ4v) is 1.10. The summed E-state index contributed by atoms with van der Waals surface area (Å²) in [5.41, 5.74) is 0.0417.